The summed E-state index contributed by atoms with van der Waals surface area (Å²) in [6.45, 7) is 12.7. The van der Waals surface area contributed by atoms with E-state index in [-0.39, 0.29) is 5.41 Å². The summed E-state index contributed by atoms with van der Waals surface area (Å²) >= 11 is 0. The maximum Gasteiger partial charge on any atom is 0.191 e. The molecule has 1 aromatic rings. The summed E-state index contributed by atoms with van der Waals surface area (Å²) < 4.78 is 7.95. The van der Waals surface area contributed by atoms with Crippen molar-refractivity contribution < 1.29 is 4.74 Å². The van der Waals surface area contributed by atoms with E-state index < -0.39 is 0 Å². The molecule has 2 unspecified atom stereocenters. The quantitative estimate of drug-likeness (QED) is 0.555. The highest BCUT2D eigenvalue weighted by Gasteiger charge is 2.53. The Bertz CT molecular complexity index is 578. The molecule has 0 aromatic carbocycles. The van der Waals surface area contributed by atoms with E-state index in [9.17, 15) is 0 Å². The van der Waals surface area contributed by atoms with Crippen LogP contribution in [-0.4, -0.2) is 46.0 Å². The highest BCUT2D eigenvalue weighted by atomic mass is 16.5. The van der Waals surface area contributed by atoms with E-state index in [1.807, 2.05) is 18.5 Å². The van der Waals surface area contributed by atoms with Crippen molar-refractivity contribution in [3.63, 3.8) is 0 Å². The number of rotatable bonds is 8. The van der Waals surface area contributed by atoms with Crippen LogP contribution in [0.4, 0.5) is 0 Å². The zero-order chi connectivity index (χ0) is 18.4. The molecule has 0 aliphatic heterocycles. The zero-order valence-corrected chi connectivity index (χ0v) is 16.6. The molecule has 2 atom stereocenters. The maximum atomic E-state index is 5.97. The average molecular weight is 351 g/mol. The van der Waals surface area contributed by atoms with Crippen molar-refractivity contribution >= 4 is 5.96 Å². The molecule has 0 spiro atoms. The molecule has 7 heteroatoms. The summed E-state index contributed by atoms with van der Waals surface area (Å²) in [6, 6.07) is 0.387. The third-order valence-electron chi connectivity index (χ3n) is 5.69. The summed E-state index contributed by atoms with van der Waals surface area (Å²) in [5, 5.41) is 15.3. The number of nitrogens with zero attached hydrogens (tertiary/aromatic N) is 4. The summed E-state index contributed by atoms with van der Waals surface area (Å²) in [4.78, 5) is 4.72. The lowest BCUT2D eigenvalue weighted by atomic mass is 9.58. The van der Waals surface area contributed by atoms with Gasteiger partial charge in [0.25, 0.3) is 0 Å². The second-order valence-electron chi connectivity index (χ2n) is 6.73. The van der Waals surface area contributed by atoms with Crippen LogP contribution in [0.3, 0.4) is 0 Å². The van der Waals surface area contributed by atoms with Crippen molar-refractivity contribution in [1.82, 2.24) is 25.4 Å². The third-order valence-corrected chi connectivity index (χ3v) is 5.69. The Balaban J connectivity index is 2.08. The van der Waals surface area contributed by atoms with E-state index in [0.717, 1.165) is 50.0 Å². The largest absolute Gasteiger partial charge is 0.378 e. The van der Waals surface area contributed by atoms with Crippen molar-refractivity contribution in [3.05, 3.63) is 11.6 Å². The van der Waals surface area contributed by atoms with Gasteiger partial charge in [0.05, 0.1) is 6.10 Å². The zero-order valence-electron chi connectivity index (χ0n) is 16.6. The second-order valence-corrected chi connectivity index (χ2v) is 6.73. The fourth-order valence-corrected chi connectivity index (χ4v) is 3.81. The van der Waals surface area contributed by atoms with Gasteiger partial charge in [0.15, 0.2) is 11.8 Å². The molecule has 0 bridgehead atoms. The van der Waals surface area contributed by atoms with Gasteiger partial charge in [-0.25, -0.2) is 4.99 Å². The molecule has 2 N–H and O–H groups in total. The van der Waals surface area contributed by atoms with Crippen LogP contribution >= 0.6 is 0 Å². The summed E-state index contributed by atoms with van der Waals surface area (Å²) in [6.07, 6.45) is 3.58. The molecule has 1 aromatic heterocycles. The van der Waals surface area contributed by atoms with Crippen molar-refractivity contribution in [2.75, 3.05) is 13.2 Å². The van der Waals surface area contributed by atoms with Gasteiger partial charge in [-0.1, -0.05) is 13.8 Å². The monoisotopic (exact) mass is 350 g/mol. The molecule has 1 aliphatic rings. The van der Waals surface area contributed by atoms with E-state index in [0.29, 0.717) is 18.7 Å². The van der Waals surface area contributed by atoms with Gasteiger partial charge in [-0.05, 0) is 40.0 Å². The van der Waals surface area contributed by atoms with Gasteiger partial charge in [-0.3, -0.25) is 0 Å². The van der Waals surface area contributed by atoms with Crippen molar-refractivity contribution in [2.24, 2.45) is 17.5 Å². The smallest absolute Gasteiger partial charge is 0.191 e. The molecule has 0 saturated heterocycles. The SMILES string of the molecule is CCNC(=NCc1nnc(C)n1C)NC1CC(OCC)C1(CC)CC. The minimum Gasteiger partial charge on any atom is -0.378 e. The van der Waals surface area contributed by atoms with Crippen molar-refractivity contribution in [1.29, 1.82) is 0 Å². The lowest BCUT2D eigenvalue weighted by Crippen LogP contribution is -2.65. The van der Waals surface area contributed by atoms with Crippen LogP contribution in [0.25, 0.3) is 0 Å². The Morgan fingerprint density at radius 3 is 2.52 bits per heavy atom. The van der Waals surface area contributed by atoms with Gasteiger partial charge in [-0.2, -0.15) is 0 Å². The third kappa shape index (κ3) is 3.97. The molecule has 1 saturated carbocycles. The van der Waals surface area contributed by atoms with Gasteiger partial charge < -0.3 is 19.9 Å². The van der Waals surface area contributed by atoms with Crippen LogP contribution in [0.5, 0.6) is 0 Å². The minimum atomic E-state index is 0.188. The summed E-state index contributed by atoms with van der Waals surface area (Å²) in [5.74, 6) is 2.61. The predicted molar refractivity (Wildman–Crippen MR) is 101 cm³/mol. The Hall–Kier alpha value is -1.63. The van der Waals surface area contributed by atoms with E-state index in [1.165, 1.54) is 0 Å². The highest BCUT2D eigenvalue weighted by molar-refractivity contribution is 5.80. The molecule has 7 nitrogen and oxygen atoms in total. The van der Waals surface area contributed by atoms with Gasteiger partial charge in [0.1, 0.15) is 12.4 Å². The molecule has 142 valence electrons. The van der Waals surface area contributed by atoms with Gasteiger partial charge >= 0.3 is 0 Å². The number of nitrogens with one attached hydrogen (secondary N) is 2. The molecular weight excluding hydrogens is 316 g/mol. The first-order valence-corrected chi connectivity index (χ1v) is 9.53. The average Bonchev–Trinajstić information content (AvgIpc) is 2.91. The number of hydrogen-bond acceptors (Lipinski definition) is 4. The second kappa shape index (κ2) is 8.65. The minimum absolute atomic E-state index is 0.188. The van der Waals surface area contributed by atoms with Crippen LogP contribution in [0.2, 0.25) is 0 Å². The Morgan fingerprint density at radius 1 is 1.28 bits per heavy atom. The Labute approximate surface area is 151 Å². The molecule has 0 amide bonds. The normalized spacial score (nSPS) is 22.6. The molecule has 2 rings (SSSR count). The van der Waals surface area contributed by atoms with Crippen LogP contribution in [0.1, 0.15) is 58.6 Å². The number of ether oxygens (including phenoxy) is 1. The molecule has 0 radical (unpaired) electrons. The summed E-state index contributed by atoms with van der Waals surface area (Å²) in [7, 11) is 1.97. The number of aromatic nitrogens is 3. The number of aryl methyl sites for hydroxylation is 1. The number of guanidine groups is 1. The van der Waals surface area contributed by atoms with E-state index in [1.54, 1.807) is 0 Å². The summed E-state index contributed by atoms with van der Waals surface area (Å²) in [5.41, 5.74) is 0.188. The van der Waals surface area contributed by atoms with Gasteiger partial charge in [0, 0.05) is 31.7 Å². The van der Waals surface area contributed by atoms with Crippen LogP contribution in [0.15, 0.2) is 4.99 Å². The van der Waals surface area contributed by atoms with E-state index >= 15 is 0 Å². The number of aliphatic imine (C=N–C) groups is 1. The highest BCUT2D eigenvalue weighted by Crippen LogP contribution is 2.48. The number of hydrogen-bond donors (Lipinski definition) is 2. The molecular formula is C18H34N6O. The van der Waals surface area contributed by atoms with Gasteiger partial charge in [-0.15, -0.1) is 10.2 Å². The Kier molecular flexibility index (Phi) is 6.81. The first kappa shape index (κ1) is 19.7. The van der Waals surface area contributed by atoms with E-state index in [4.69, 9.17) is 9.73 Å². The predicted octanol–water partition coefficient (Wildman–Crippen LogP) is 2.16. The van der Waals surface area contributed by atoms with Crippen molar-refractivity contribution in [2.45, 2.75) is 72.6 Å². The first-order valence-electron chi connectivity index (χ1n) is 9.53. The van der Waals surface area contributed by atoms with E-state index in [2.05, 4.69) is 48.5 Å². The lowest BCUT2D eigenvalue weighted by molar-refractivity contribution is -0.133. The van der Waals surface area contributed by atoms with Crippen LogP contribution in [-0.2, 0) is 18.3 Å². The standard InChI is InChI=1S/C18H34N6O/c1-7-18(8-2)14(11-15(18)25-10-4)21-17(19-9-3)20-12-16-23-22-13(5)24(16)6/h14-15H,7-12H2,1-6H3,(H2,19,20,21). The molecule has 1 fully saturated rings. The fraction of sp³-hybridized carbons (Fsp3) is 0.833. The van der Waals surface area contributed by atoms with Crippen molar-refractivity contribution in [3.8, 4) is 0 Å². The molecule has 25 heavy (non-hydrogen) atoms. The topological polar surface area (TPSA) is 76.4 Å². The molecule has 1 heterocycles. The van der Waals surface area contributed by atoms with Gasteiger partial charge in [0.2, 0.25) is 0 Å². The fourth-order valence-electron chi connectivity index (χ4n) is 3.81. The maximum absolute atomic E-state index is 5.97. The first-order chi connectivity index (χ1) is 12.0. The van der Waals surface area contributed by atoms with Crippen LogP contribution in [0, 0.1) is 12.3 Å². The Morgan fingerprint density at radius 2 is 2.00 bits per heavy atom. The lowest BCUT2D eigenvalue weighted by Gasteiger charge is -2.55. The molecule has 1 aliphatic carbocycles. The van der Waals surface area contributed by atoms with Crippen LogP contribution < -0.4 is 10.6 Å².